The van der Waals surface area contributed by atoms with E-state index in [2.05, 4.69) is 5.32 Å². The van der Waals surface area contributed by atoms with Crippen LogP contribution in [0.15, 0.2) is 72.8 Å². The Morgan fingerprint density at radius 1 is 0.976 bits per heavy atom. The average molecular weight is 584 g/mol. The molecular formula is C30H34FN3O6S. The molecule has 0 bridgehead atoms. The molecule has 2 amide bonds. The third-order valence-corrected chi connectivity index (χ3v) is 8.00. The fraction of sp³-hybridized carbons (Fsp3) is 0.333. The van der Waals surface area contributed by atoms with Crippen LogP contribution >= 0.6 is 0 Å². The van der Waals surface area contributed by atoms with Crippen molar-refractivity contribution in [3.8, 4) is 11.5 Å². The molecule has 0 radical (unpaired) electrons. The number of carbonyl (C=O) groups excluding carboxylic acids is 2. The number of benzene rings is 3. The van der Waals surface area contributed by atoms with E-state index in [1.165, 1.54) is 41.3 Å². The lowest BCUT2D eigenvalue weighted by Gasteiger charge is -2.34. The summed E-state index contributed by atoms with van der Waals surface area (Å²) in [5.41, 5.74) is 1.63. The van der Waals surface area contributed by atoms with Crippen LogP contribution in [0.5, 0.6) is 11.5 Å². The average Bonchev–Trinajstić information content (AvgIpc) is 3.42. The lowest BCUT2D eigenvalue weighted by atomic mass is 10.0. The summed E-state index contributed by atoms with van der Waals surface area (Å²) >= 11 is 0. The number of rotatable bonds is 12. The van der Waals surface area contributed by atoms with Gasteiger partial charge in [0, 0.05) is 25.1 Å². The van der Waals surface area contributed by atoms with Gasteiger partial charge in [0.25, 0.3) is 0 Å². The van der Waals surface area contributed by atoms with Crippen molar-refractivity contribution < 1.29 is 31.9 Å². The van der Waals surface area contributed by atoms with Crippen LogP contribution in [-0.4, -0.2) is 56.8 Å². The smallest absolute Gasteiger partial charge is 0.244 e. The van der Waals surface area contributed by atoms with E-state index in [1.54, 1.807) is 6.07 Å². The number of nitrogens with zero attached hydrogens (tertiary/aromatic N) is 2. The van der Waals surface area contributed by atoms with E-state index in [0.29, 0.717) is 23.5 Å². The summed E-state index contributed by atoms with van der Waals surface area (Å²) in [7, 11) is -3.93. The van der Waals surface area contributed by atoms with Gasteiger partial charge in [-0.2, -0.15) is 0 Å². The molecule has 218 valence electrons. The molecule has 0 fully saturated rings. The molecule has 0 saturated carbocycles. The molecule has 41 heavy (non-hydrogen) atoms. The molecule has 0 aromatic heterocycles. The minimum atomic E-state index is -3.93. The maximum atomic E-state index is 14.1. The Hall–Kier alpha value is -4.12. The number of anilines is 1. The third kappa shape index (κ3) is 7.75. The Kier molecular flexibility index (Phi) is 9.49. The second-order valence-electron chi connectivity index (χ2n) is 9.98. The number of amides is 2. The van der Waals surface area contributed by atoms with E-state index in [-0.39, 0.29) is 37.4 Å². The van der Waals surface area contributed by atoms with E-state index < -0.39 is 34.3 Å². The van der Waals surface area contributed by atoms with Crippen molar-refractivity contribution in [3.63, 3.8) is 0 Å². The van der Waals surface area contributed by atoms with Crippen molar-refractivity contribution >= 4 is 27.5 Å². The molecule has 0 spiro atoms. The third-order valence-electron chi connectivity index (χ3n) is 6.86. The Bertz CT molecular complexity index is 1470. The fourth-order valence-electron chi connectivity index (χ4n) is 4.44. The van der Waals surface area contributed by atoms with Gasteiger partial charge in [-0.25, -0.2) is 12.8 Å². The molecule has 3 aromatic rings. The molecule has 0 unspecified atom stereocenters. The number of sulfonamides is 1. The number of fused-ring (bicyclic) bond motifs is 1. The first kappa shape index (κ1) is 29.9. The number of hydrogen-bond donors (Lipinski definition) is 1. The minimum Gasteiger partial charge on any atom is -0.454 e. The summed E-state index contributed by atoms with van der Waals surface area (Å²) in [5.74, 6) is -0.573. The zero-order valence-electron chi connectivity index (χ0n) is 23.2. The van der Waals surface area contributed by atoms with Gasteiger partial charge in [0.15, 0.2) is 11.5 Å². The number of carbonyl (C=O) groups is 2. The lowest BCUT2D eigenvalue weighted by Crippen LogP contribution is -2.54. The van der Waals surface area contributed by atoms with Crippen LogP contribution in [0.1, 0.15) is 31.4 Å². The van der Waals surface area contributed by atoms with Gasteiger partial charge < -0.3 is 19.7 Å². The number of nitrogens with one attached hydrogen (secondary N) is 1. The summed E-state index contributed by atoms with van der Waals surface area (Å²) in [6.45, 7) is 3.21. The molecule has 1 heterocycles. The first-order chi connectivity index (χ1) is 19.5. The molecule has 1 aliphatic rings. The van der Waals surface area contributed by atoms with Crippen LogP contribution in [0.3, 0.4) is 0 Å². The molecule has 3 aromatic carbocycles. The predicted molar refractivity (Wildman–Crippen MR) is 154 cm³/mol. The Morgan fingerprint density at radius 2 is 1.66 bits per heavy atom. The monoisotopic (exact) mass is 583 g/mol. The lowest BCUT2D eigenvalue weighted by molar-refractivity contribution is -0.140. The van der Waals surface area contributed by atoms with Crippen LogP contribution in [0.2, 0.25) is 0 Å². The number of ether oxygens (including phenoxy) is 2. The molecule has 11 heteroatoms. The van der Waals surface area contributed by atoms with E-state index >= 15 is 0 Å². The highest BCUT2D eigenvalue weighted by Crippen LogP contribution is 2.36. The summed E-state index contributed by atoms with van der Waals surface area (Å²) in [6.07, 6.45) is 1.88. The highest BCUT2D eigenvalue weighted by Gasteiger charge is 2.33. The van der Waals surface area contributed by atoms with E-state index in [1.807, 2.05) is 44.2 Å². The summed E-state index contributed by atoms with van der Waals surface area (Å²) in [6, 6.07) is 18.4. The SMILES string of the molecule is CC[C@@H](C)NC(=O)[C@H](Cc1ccccc1)N(Cc1ccc(F)cc1)C(=O)CN(c1ccc2c(c1)OCO2)S(C)(=O)=O. The first-order valence-corrected chi connectivity index (χ1v) is 15.2. The van der Waals surface area contributed by atoms with E-state index in [4.69, 9.17) is 9.47 Å². The number of hydrogen-bond acceptors (Lipinski definition) is 6. The standard InChI is InChI=1S/C30H34FN3O6S/c1-4-21(2)32-30(36)26(16-22-8-6-5-7-9-22)33(18-23-10-12-24(31)13-11-23)29(35)19-34(41(3,37)38)25-14-15-27-28(17-25)40-20-39-27/h5-15,17,21,26H,4,16,18-20H2,1-3H3,(H,32,36)/t21-,26+/m1/s1. The van der Waals surface area contributed by atoms with Crippen molar-refractivity contribution in [2.45, 2.75) is 45.3 Å². The van der Waals surface area contributed by atoms with Gasteiger partial charge in [0.05, 0.1) is 11.9 Å². The molecule has 4 rings (SSSR count). The quantitative estimate of drug-likeness (QED) is 0.347. The molecule has 1 N–H and O–H groups in total. The van der Waals surface area contributed by atoms with Crippen LogP contribution in [0.25, 0.3) is 0 Å². The Balaban J connectivity index is 1.72. The fourth-order valence-corrected chi connectivity index (χ4v) is 5.28. The zero-order chi connectivity index (χ0) is 29.6. The van der Waals surface area contributed by atoms with E-state index in [9.17, 15) is 22.4 Å². The molecule has 2 atom stereocenters. The summed E-state index contributed by atoms with van der Waals surface area (Å²) in [5, 5.41) is 2.97. The zero-order valence-corrected chi connectivity index (χ0v) is 24.1. The number of halogens is 1. The normalized spacial score (nSPS) is 13.8. The van der Waals surface area contributed by atoms with Crippen molar-refractivity contribution in [1.29, 1.82) is 0 Å². The Morgan fingerprint density at radius 3 is 2.32 bits per heavy atom. The topological polar surface area (TPSA) is 105 Å². The van der Waals surface area contributed by atoms with Gasteiger partial charge in [-0.05, 0) is 48.7 Å². The minimum absolute atomic E-state index is 0.00843. The predicted octanol–water partition coefficient (Wildman–Crippen LogP) is 3.88. The van der Waals surface area contributed by atoms with Crippen molar-refractivity contribution in [3.05, 3.63) is 89.7 Å². The van der Waals surface area contributed by atoms with Crippen LogP contribution in [-0.2, 0) is 32.6 Å². The summed E-state index contributed by atoms with van der Waals surface area (Å²) in [4.78, 5) is 29.1. The van der Waals surface area contributed by atoms with Crippen molar-refractivity contribution in [2.75, 3.05) is 23.9 Å². The van der Waals surface area contributed by atoms with Gasteiger partial charge in [0.2, 0.25) is 28.6 Å². The first-order valence-electron chi connectivity index (χ1n) is 13.3. The van der Waals surface area contributed by atoms with Gasteiger partial charge in [-0.15, -0.1) is 0 Å². The highest BCUT2D eigenvalue weighted by molar-refractivity contribution is 7.92. The molecule has 0 aliphatic carbocycles. The van der Waals surface area contributed by atoms with Crippen molar-refractivity contribution in [1.82, 2.24) is 10.2 Å². The second kappa shape index (κ2) is 13.0. The van der Waals surface area contributed by atoms with Crippen molar-refractivity contribution in [2.24, 2.45) is 0 Å². The van der Waals surface area contributed by atoms with Crippen LogP contribution < -0.4 is 19.1 Å². The largest absolute Gasteiger partial charge is 0.454 e. The van der Waals surface area contributed by atoms with E-state index in [0.717, 1.165) is 16.1 Å². The van der Waals surface area contributed by atoms with Gasteiger partial charge >= 0.3 is 0 Å². The Labute approximate surface area is 239 Å². The molecule has 9 nitrogen and oxygen atoms in total. The molecule has 1 aliphatic heterocycles. The second-order valence-corrected chi connectivity index (χ2v) is 11.9. The van der Waals surface area contributed by atoms with Gasteiger partial charge in [0.1, 0.15) is 18.4 Å². The van der Waals surface area contributed by atoms with Crippen LogP contribution in [0.4, 0.5) is 10.1 Å². The van der Waals surface area contributed by atoms with Crippen LogP contribution in [0, 0.1) is 5.82 Å². The summed E-state index contributed by atoms with van der Waals surface area (Å²) < 4.78 is 51.3. The molecule has 0 saturated heterocycles. The van der Waals surface area contributed by atoms with Gasteiger partial charge in [-0.1, -0.05) is 49.4 Å². The maximum absolute atomic E-state index is 14.1. The highest BCUT2D eigenvalue weighted by atomic mass is 32.2. The van der Waals surface area contributed by atoms with Gasteiger partial charge in [-0.3, -0.25) is 13.9 Å². The molecular weight excluding hydrogens is 549 g/mol. The maximum Gasteiger partial charge on any atom is 0.244 e.